The van der Waals surface area contributed by atoms with Crippen LogP contribution in [0.15, 0.2) is 67.0 Å². The number of nitrogens with zero attached hydrogens (tertiary/aromatic N) is 2. The quantitative estimate of drug-likeness (QED) is 0.404. The van der Waals surface area contributed by atoms with E-state index in [2.05, 4.69) is 16.8 Å². The molecule has 0 amide bonds. The Balaban J connectivity index is 2.09. The largest absolute Gasteiger partial charge is 0.270 e. The standard InChI is InChI=1S/C19H11FN2O2/c20-17-5-2-14(3-6-17)1-4-16-13-18(22(23)24)7-8-19(16)15-9-11-21-12-10-15/h2-3,5-13H. The van der Waals surface area contributed by atoms with Gasteiger partial charge >= 0.3 is 0 Å². The van der Waals surface area contributed by atoms with Crippen LogP contribution in [-0.2, 0) is 0 Å². The van der Waals surface area contributed by atoms with Crippen LogP contribution in [0.25, 0.3) is 11.1 Å². The Morgan fingerprint density at radius 2 is 1.67 bits per heavy atom. The van der Waals surface area contributed by atoms with Gasteiger partial charge in [-0.2, -0.15) is 0 Å². The van der Waals surface area contributed by atoms with Gasteiger partial charge in [0.2, 0.25) is 0 Å². The second kappa shape index (κ2) is 6.71. The van der Waals surface area contributed by atoms with Crippen LogP contribution in [0.4, 0.5) is 10.1 Å². The summed E-state index contributed by atoms with van der Waals surface area (Å²) < 4.78 is 12.9. The number of pyridine rings is 1. The van der Waals surface area contributed by atoms with Crippen LogP contribution >= 0.6 is 0 Å². The fraction of sp³-hybridized carbons (Fsp3) is 0. The number of aromatic nitrogens is 1. The molecule has 0 unspecified atom stereocenters. The first kappa shape index (κ1) is 15.4. The van der Waals surface area contributed by atoms with Crippen LogP contribution < -0.4 is 0 Å². The number of non-ortho nitro benzene ring substituents is 1. The van der Waals surface area contributed by atoms with Crippen LogP contribution in [0.5, 0.6) is 0 Å². The van der Waals surface area contributed by atoms with Crippen LogP contribution in [0, 0.1) is 27.8 Å². The second-order valence-electron chi connectivity index (χ2n) is 4.98. The minimum Gasteiger partial charge on any atom is -0.265 e. The highest BCUT2D eigenvalue weighted by atomic mass is 19.1. The predicted molar refractivity (Wildman–Crippen MR) is 88.7 cm³/mol. The fourth-order valence-corrected chi connectivity index (χ4v) is 2.21. The van der Waals surface area contributed by atoms with Crippen molar-refractivity contribution >= 4 is 5.69 Å². The molecule has 1 aromatic heterocycles. The average molecular weight is 318 g/mol. The van der Waals surface area contributed by atoms with Crippen molar-refractivity contribution in [3.05, 3.63) is 94.0 Å². The number of halogens is 1. The maximum Gasteiger partial charge on any atom is 0.270 e. The van der Waals surface area contributed by atoms with E-state index in [9.17, 15) is 14.5 Å². The molecule has 0 aliphatic carbocycles. The fourth-order valence-electron chi connectivity index (χ4n) is 2.21. The summed E-state index contributed by atoms with van der Waals surface area (Å²) in [5.41, 5.74) is 2.76. The van der Waals surface area contributed by atoms with Gasteiger partial charge in [0, 0.05) is 35.7 Å². The van der Waals surface area contributed by atoms with Crippen LogP contribution in [0.2, 0.25) is 0 Å². The lowest BCUT2D eigenvalue weighted by atomic mass is 10.00. The van der Waals surface area contributed by atoms with E-state index in [0.29, 0.717) is 11.1 Å². The lowest BCUT2D eigenvalue weighted by Crippen LogP contribution is -1.91. The molecule has 2 aromatic carbocycles. The second-order valence-corrected chi connectivity index (χ2v) is 4.98. The van der Waals surface area contributed by atoms with Gasteiger partial charge in [0.25, 0.3) is 5.69 Å². The van der Waals surface area contributed by atoms with E-state index in [-0.39, 0.29) is 11.5 Å². The molecule has 3 aromatic rings. The van der Waals surface area contributed by atoms with E-state index in [1.807, 2.05) is 12.1 Å². The molecule has 0 spiro atoms. The zero-order valence-corrected chi connectivity index (χ0v) is 12.4. The van der Waals surface area contributed by atoms with Crippen LogP contribution in [-0.4, -0.2) is 9.91 Å². The molecule has 0 bridgehead atoms. The zero-order valence-electron chi connectivity index (χ0n) is 12.4. The molecular formula is C19H11FN2O2. The summed E-state index contributed by atoms with van der Waals surface area (Å²) in [6, 6.07) is 13.9. The van der Waals surface area contributed by atoms with Gasteiger partial charge in [-0.3, -0.25) is 15.1 Å². The maximum atomic E-state index is 12.9. The average Bonchev–Trinajstić information content (AvgIpc) is 2.61. The normalized spacial score (nSPS) is 9.88. The van der Waals surface area contributed by atoms with E-state index in [4.69, 9.17) is 0 Å². The Labute approximate surface area is 137 Å². The number of hydrogen-bond donors (Lipinski definition) is 0. The van der Waals surface area contributed by atoms with Gasteiger partial charge in [0.1, 0.15) is 5.82 Å². The van der Waals surface area contributed by atoms with Gasteiger partial charge in [-0.25, -0.2) is 4.39 Å². The Bertz CT molecular complexity index is 943. The maximum absolute atomic E-state index is 12.9. The van der Waals surface area contributed by atoms with Gasteiger partial charge in [0.15, 0.2) is 0 Å². The third kappa shape index (κ3) is 3.45. The summed E-state index contributed by atoms with van der Waals surface area (Å²) in [5.74, 6) is 5.52. The minimum atomic E-state index is -0.459. The summed E-state index contributed by atoms with van der Waals surface area (Å²) >= 11 is 0. The molecule has 0 aliphatic heterocycles. The molecule has 0 radical (unpaired) electrons. The number of rotatable bonds is 2. The number of nitro benzene ring substituents is 1. The van der Waals surface area contributed by atoms with Gasteiger partial charge in [-0.15, -0.1) is 0 Å². The van der Waals surface area contributed by atoms with Gasteiger partial charge in [-0.1, -0.05) is 11.8 Å². The number of nitro groups is 1. The lowest BCUT2D eigenvalue weighted by Gasteiger charge is -2.04. The highest BCUT2D eigenvalue weighted by Gasteiger charge is 2.10. The van der Waals surface area contributed by atoms with Crippen LogP contribution in [0.3, 0.4) is 0 Å². The minimum absolute atomic E-state index is 0.0313. The van der Waals surface area contributed by atoms with Crippen molar-refractivity contribution in [2.24, 2.45) is 0 Å². The van der Waals surface area contributed by atoms with Gasteiger partial charge in [-0.05, 0) is 53.6 Å². The topological polar surface area (TPSA) is 56.0 Å². The molecule has 0 saturated carbocycles. The first-order valence-corrected chi connectivity index (χ1v) is 7.10. The Hall–Kier alpha value is -3.52. The summed E-state index contributed by atoms with van der Waals surface area (Å²) in [4.78, 5) is 14.5. The molecular weight excluding hydrogens is 307 g/mol. The van der Waals surface area contributed by atoms with Crippen molar-refractivity contribution in [1.82, 2.24) is 4.98 Å². The molecule has 1 heterocycles. The highest BCUT2D eigenvalue weighted by molar-refractivity contribution is 5.73. The first-order valence-electron chi connectivity index (χ1n) is 7.10. The molecule has 0 atom stereocenters. The number of hydrogen-bond acceptors (Lipinski definition) is 3. The van der Waals surface area contributed by atoms with Crippen LogP contribution in [0.1, 0.15) is 11.1 Å². The van der Waals surface area contributed by atoms with Crippen molar-refractivity contribution in [2.75, 3.05) is 0 Å². The SMILES string of the molecule is O=[N+]([O-])c1ccc(-c2ccncc2)c(C#Cc2ccc(F)cc2)c1. The van der Waals surface area contributed by atoms with E-state index >= 15 is 0 Å². The van der Waals surface area contributed by atoms with Gasteiger partial charge < -0.3 is 0 Å². The third-order valence-electron chi connectivity index (χ3n) is 3.39. The molecule has 0 saturated heterocycles. The van der Waals surface area contributed by atoms with E-state index in [0.717, 1.165) is 11.1 Å². The highest BCUT2D eigenvalue weighted by Crippen LogP contribution is 2.26. The summed E-state index contributed by atoms with van der Waals surface area (Å²) in [6.07, 6.45) is 3.29. The van der Waals surface area contributed by atoms with Crippen molar-refractivity contribution in [1.29, 1.82) is 0 Å². The molecule has 5 heteroatoms. The Morgan fingerprint density at radius 3 is 2.33 bits per heavy atom. The zero-order chi connectivity index (χ0) is 16.9. The molecule has 24 heavy (non-hydrogen) atoms. The molecule has 0 aliphatic rings. The molecule has 0 fully saturated rings. The molecule has 0 N–H and O–H groups in total. The number of benzene rings is 2. The monoisotopic (exact) mass is 318 g/mol. The van der Waals surface area contributed by atoms with Crippen molar-refractivity contribution < 1.29 is 9.31 Å². The molecule has 116 valence electrons. The third-order valence-corrected chi connectivity index (χ3v) is 3.39. The first-order chi connectivity index (χ1) is 11.6. The lowest BCUT2D eigenvalue weighted by molar-refractivity contribution is -0.384. The van der Waals surface area contributed by atoms with E-state index in [1.54, 1.807) is 30.6 Å². The van der Waals surface area contributed by atoms with Gasteiger partial charge in [0.05, 0.1) is 4.92 Å². The Morgan fingerprint density at radius 1 is 0.958 bits per heavy atom. The van der Waals surface area contributed by atoms with Crippen molar-refractivity contribution in [2.45, 2.75) is 0 Å². The summed E-state index contributed by atoms with van der Waals surface area (Å²) in [6.45, 7) is 0. The summed E-state index contributed by atoms with van der Waals surface area (Å²) in [5, 5.41) is 11.0. The predicted octanol–water partition coefficient (Wildman–Crippen LogP) is 4.20. The van der Waals surface area contributed by atoms with Crippen molar-refractivity contribution in [3.8, 4) is 23.0 Å². The molecule has 3 rings (SSSR count). The van der Waals surface area contributed by atoms with Crippen molar-refractivity contribution in [3.63, 3.8) is 0 Å². The summed E-state index contributed by atoms with van der Waals surface area (Å²) in [7, 11) is 0. The Kier molecular flexibility index (Phi) is 4.30. The smallest absolute Gasteiger partial charge is 0.265 e. The van der Waals surface area contributed by atoms with E-state index < -0.39 is 4.92 Å². The molecule has 4 nitrogen and oxygen atoms in total. The van der Waals surface area contributed by atoms with E-state index in [1.165, 1.54) is 24.3 Å².